The topological polar surface area (TPSA) is 37.5 Å². The molecule has 0 aliphatic heterocycles. The maximum Gasteiger partial charge on any atom is 0.137 e. The maximum atomic E-state index is 10.6. The van der Waals surface area contributed by atoms with Crippen LogP contribution in [0.2, 0.25) is 0 Å². The molecule has 1 N–H and O–H groups in total. The van der Waals surface area contributed by atoms with E-state index in [1.807, 2.05) is 32.0 Å². The lowest BCUT2D eigenvalue weighted by Crippen LogP contribution is -2.04. The average Bonchev–Trinajstić information content (AvgIpc) is 2.87. The smallest absolute Gasteiger partial charge is 0.137 e. The summed E-state index contributed by atoms with van der Waals surface area (Å²) in [5, 5.41) is 10.6. The van der Waals surface area contributed by atoms with E-state index >= 15 is 0 Å². The minimum absolute atomic E-state index is 0.521. The van der Waals surface area contributed by atoms with Gasteiger partial charge in [0.2, 0.25) is 0 Å². The van der Waals surface area contributed by atoms with Crippen LogP contribution in [0.1, 0.15) is 42.0 Å². The number of aliphatic hydroxyl groups is 1. The highest BCUT2D eigenvalue weighted by Gasteiger charge is 2.21. The van der Waals surface area contributed by atoms with Gasteiger partial charge in [-0.15, -0.1) is 0 Å². The largest absolute Gasteiger partial charge is 0.387 e. The number of benzene rings is 1. The molecular formula is C19H22N2O. The normalized spacial score (nSPS) is 12.8. The highest BCUT2D eigenvalue weighted by molar-refractivity contribution is 5.70. The molecule has 2 heterocycles. The minimum atomic E-state index is -0.521. The molecule has 0 fully saturated rings. The molecule has 0 radical (unpaired) electrons. The van der Waals surface area contributed by atoms with Crippen molar-refractivity contribution in [1.82, 2.24) is 9.38 Å². The van der Waals surface area contributed by atoms with E-state index < -0.39 is 6.10 Å². The Hall–Kier alpha value is -2.13. The van der Waals surface area contributed by atoms with Gasteiger partial charge in [0.1, 0.15) is 5.65 Å². The van der Waals surface area contributed by atoms with Gasteiger partial charge in [-0.25, -0.2) is 4.98 Å². The number of rotatable bonds is 3. The average molecular weight is 294 g/mol. The summed E-state index contributed by atoms with van der Waals surface area (Å²) >= 11 is 0. The molecule has 3 heteroatoms. The molecular weight excluding hydrogens is 272 g/mol. The van der Waals surface area contributed by atoms with E-state index in [0.717, 1.165) is 28.3 Å². The second kappa shape index (κ2) is 5.58. The van der Waals surface area contributed by atoms with Crippen LogP contribution in [0.15, 0.2) is 36.4 Å². The van der Waals surface area contributed by atoms with Gasteiger partial charge in [0, 0.05) is 11.3 Å². The molecule has 114 valence electrons. The highest BCUT2D eigenvalue weighted by atomic mass is 16.3. The predicted molar refractivity (Wildman–Crippen MR) is 90.1 cm³/mol. The number of nitrogens with zero attached hydrogens (tertiary/aromatic N) is 2. The Bertz CT molecular complexity index is 833. The van der Waals surface area contributed by atoms with E-state index in [2.05, 4.69) is 36.4 Å². The summed E-state index contributed by atoms with van der Waals surface area (Å²) in [7, 11) is 0. The summed E-state index contributed by atoms with van der Waals surface area (Å²) < 4.78 is 2.07. The molecule has 1 aromatic carbocycles. The lowest BCUT2D eigenvalue weighted by molar-refractivity contribution is 0.168. The van der Waals surface area contributed by atoms with Gasteiger partial charge in [0.15, 0.2) is 0 Å². The van der Waals surface area contributed by atoms with Crippen molar-refractivity contribution in [3.8, 4) is 11.3 Å². The first kappa shape index (κ1) is 14.8. The third kappa shape index (κ3) is 2.32. The SMILES string of the molecule is CCC(O)c1c(-c2ccc(C)cc2C)nc2cccc(C)n12. The first-order valence-electron chi connectivity index (χ1n) is 7.76. The van der Waals surface area contributed by atoms with Gasteiger partial charge >= 0.3 is 0 Å². The molecule has 0 aliphatic rings. The maximum absolute atomic E-state index is 10.6. The zero-order valence-electron chi connectivity index (χ0n) is 13.6. The molecule has 1 atom stereocenters. The van der Waals surface area contributed by atoms with Crippen LogP contribution in [0.5, 0.6) is 0 Å². The van der Waals surface area contributed by atoms with Gasteiger partial charge in [-0.1, -0.05) is 36.8 Å². The molecule has 1 unspecified atom stereocenters. The lowest BCUT2D eigenvalue weighted by Gasteiger charge is -2.13. The first-order chi connectivity index (χ1) is 10.5. The summed E-state index contributed by atoms with van der Waals surface area (Å²) in [4.78, 5) is 4.81. The molecule has 0 spiro atoms. The molecule has 0 saturated carbocycles. The molecule has 0 amide bonds. The second-order valence-corrected chi connectivity index (χ2v) is 5.95. The Morgan fingerprint density at radius 3 is 2.59 bits per heavy atom. The number of hydrogen-bond acceptors (Lipinski definition) is 2. The van der Waals surface area contributed by atoms with Crippen molar-refractivity contribution in [2.75, 3.05) is 0 Å². The number of aromatic nitrogens is 2. The quantitative estimate of drug-likeness (QED) is 0.779. The molecule has 0 saturated heterocycles. The van der Waals surface area contributed by atoms with Crippen LogP contribution in [0, 0.1) is 20.8 Å². The first-order valence-corrected chi connectivity index (χ1v) is 7.76. The number of pyridine rings is 1. The molecule has 3 aromatic rings. The van der Waals surface area contributed by atoms with Crippen LogP contribution in [0.4, 0.5) is 0 Å². The fourth-order valence-corrected chi connectivity index (χ4v) is 3.06. The van der Waals surface area contributed by atoms with Gasteiger partial charge in [0.25, 0.3) is 0 Å². The molecule has 0 bridgehead atoms. The van der Waals surface area contributed by atoms with Crippen molar-refractivity contribution < 1.29 is 5.11 Å². The lowest BCUT2D eigenvalue weighted by atomic mass is 9.99. The minimum Gasteiger partial charge on any atom is -0.387 e. The van der Waals surface area contributed by atoms with Crippen LogP contribution in [-0.2, 0) is 0 Å². The summed E-state index contributed by atoms with van der Waals surface area (Å²) in [5.41, 5.74) is 7.27. The number of fused-ring (bicyclic) bond motifs is 1. The molecule has 22 heavy (non-hydrogen) atoms. The molecule has 3 nitrogen and oxygen atoms in total. The van der Waals surface area contributed by atoms with Gasteiger partial charge in [0.05, 0.1) is 17.5 Å². The molecule has 2 aromatic heterocycles. The number of imidazole rings is 1. The highest BCUT2D eigenvalue weighted by Crippen LogP contribution is 2.33. The number of aliphatic hydroxyl groups excluding tert-OH is 1. The van der Waals surface area contributed by atoms with Crippen molar-refractivity contribution >= 4 is 5.65 Å². The van der Waals surface area contributed by atoms with Gasteiger partial charge in [-0.3, -0.25) is 4.40 Å². The third-order valence-corrected chi connectivity index (χ3v) is 4.21. The Balaban J connectivity index is 2.36. The zero-order valence-corrected chi connectivity index (χ0v) is 13.6. The van der Waals surface area contributed by atoms with Crippen molar-refractivity contribution in [2.45, 2.75) is 40.2 Å². The van der Waals surface area contributed by atoms with Crippen LogP contribution < -0.4 is 0 Å². The number of aryl methyl sites for hydroxylation is 3. The molecule has 3 rings (SSSR count). The van der Waals surface area contributed by atoms with Crippen molar-refractivity contribution in [1.29, 1.82) is 0 Å². The predicted octanol–water partition coefficient (Wildman–Crippen LogP) is 4.37. The Morgan fingerprint density at radius 1 is 1.14 bits per heavy atom. The van der Waals surface area contributed by atoms with Crippen LogP contribution in [-0.4, -0.2) is 14.5 Å². The zero-order chi connectivity index (χ0) is 15.9. The van der Waals surface area contributed by atoms with E-state index in [9.17, 15) is 5.11 Å². The fraction of sp³-hybridized carbons (Fsp3) is 0.316. The van der Waals surface area contributed by atoms with E-state index in [1.165, 1.54) is 11.1 Å². The van der Waals surface area contributed by atoms with Crippen molar-refractivity contribution in [3.05, 3.63) is 58.9 Å². The summed E-state index contributed by atoms with van der Waals surface area (Å²) in [5.74, 6) is 0. The second-order valence-electron chi connectivity index (χ2n) is 5.95. The van der Waals surface area contributed by atoms with Crippen molar-refractivity contribution in [3.63, 3.8) is 0 Å². The van der Waals surface area contributed by atoms with E-state index in [-0.39, 0.29) is 0 Å². The third-order valence-electron chi connectivity index (χ3n) is 4.21. The van der Waals surface area contributed by atoms with Crippen molar-refractivity contribution in [2.24, 2.45) is 0 Å². The standard InChI is InChI=1S/C19H22N2O/c1-5-16(22)19-18(15-10-9-12(2)11-13(15)3)20-17-8-6-7-14(4)21(17)19/h6-11,16,22H,5H2,1-4H3. The molecule has 0 aliphatic carbocycles. The Kier molecular flexibility index (Phi) is 3.75. The van der Waals surface area contributed by atoms with E-state index in [0.29, 0.717) is 6.42 Å². The van der Waals surface area contributed by atoms with Gasteiger partial charge in [-0.2, -0.15) is 0 Å². The summed E-state index contributed by atoms with van der Waals surface area (Å²) in [6.07, 6.45) is 0.145. The summed E-state index contributed by atoms with van der Waals surface area (Å²) in [6.45, 7) is 8.23. The van der Waals surface area contributed by atoms with Crippen LogP contribution in [0.25, 0.3) is 16.9 Å². The fourth-order valence-electron chi connectivity index (χ4n) is 3.06. The number of hydrogen-bond donors (Lipinski definition) is 1. The summed E-state index contributed by atoms with van der Waals surface area (Å²) in [6, 6.07) is 12.4. The van der Waals surface area contributed by atoms with Gasteiger partial charge in [-0.05, 0) is 44.9 Å². The van der Waals surface area contributed by atoms with Gasteiger partial charge < -0.3 is 5.11 Å². The van der Waals surface area contributed by atoms with Crippen LogP contribution >= 0.6 is 0 Å². The Labute approximate surface area is 131 Å². The monoisotopic (exact) mass is 294 g/mol. The van der Waals surface area contributed by atoms with Crippen LogP contribution in [0.3, 0.4) is 0 Å². The van der Waals surface area contributed by atoms with E-state index in [1.54, 1.807) is 0 Å². The van der Waals surface area contributed by atoms with E-state index in [4.69, 9.17) is 4.98 Å². The Morgan fingerprint density at radius 2 is 1.91 bits per heavy atom.